The molecule has 0 spiro atoms. The van der Waals surface area contributed by atoms with Crippen LogP contribution in [-0.4, -0.2) is 43.1 Å². The molecule has 0 radical (unpaired) electrons. The lowest BCUT2D eigenvalue weighted by Crippen LogP contribution is -2.35. The van der Waals surface area contributed by atoms with Crippen LogP contribution in [0.1, 0.15) is 72.6 Å². The molecular formula is C27H41O6P. The third kappa shape index (κ3) is 5.27. The zero-order valence-corrected chi connectivity index (χ0v) is 21.8. The number of allylic oxidation sites excluding steroid dienone is 5. The predicted octanol–water partition coefficient (Wildman–Crippen LogP) is 4.85. The summed E-state index contributed by atoms with van der Waals surface area (Å²) in [4.78, 5) is 31.6. The first-order chi connectivity index (χ1) is 15.7. The summed E-state index contributed by atoms with van der Waals surface area (Å²) in [6.45, 7) is 11.0. The average Bonchev–Trinajstić information content (AvgIpc) is 3.09. The molecule has 6 nitrogen and oxygen atoms in total. The molecule has 0 bridgehead atoms. The molecule has 7 heteroatoms. The number of aliphatic hydroxyl groups is 2. The van der Waals surface area contributed by atoms with Crippen LogP contribution >= 0.6 is 7.60 Å². The number of hydrogen-bond acceptors (Lipinski definition) is 4. The van der Waals surface area contributed by atoms with Gasteiger partial charge < -0.3 is 20.0 Å². The van der Waals surface area contributed by atoms with Crippen LogP contribution in [0.3, 0.4) is 0 Å². The van der Waals surface area contributed by atoms with Crippen LogP contribution < -0.4 is 0 Å². The van der Waals surface area contributed by atoms with E-state index in [2.05, 4.69) is 26.5 Å². The van der Waals surface area contributed by atoms with Crippen molar-refractivity contribution in [1.29, 1.82) is 0 Å². The first kappa shape index (κ1) is 27.3. The van der Waals surface area contributed by atoms with Gasteiger partial charge in [0.2, 0.25) is 0 Å². The second kappa shape index (κ2) is 9.99. The van der Waals surface area contributed by atoms with E-state index < -0.39 is 30.7 Å². The van der Waals surface area contributed by atoms with Crippen molar-refractivity contribution in [2.24, 2.45) is 23.2 Å². The maximum atomic E-state index is 12.5. The minimum absolute atomic E-state index is 0.0940. The Bertz CT molecular complexity index is 954. The lowest BCUT2D eigenvalue weighted by Gasteiger charge is -2.44. The highest BCUT2D eigenvalue weighted by atomic mass is 31.2. The molecule has 0 aromatic rings. The molecule has 3 aliphatic carbocycles. The molecule has 1 unspecified atom stereocenters. The van der Waals surface area contributed by atoms with Crippen LogP contribution in [0, 0.1) is 23.2 Å². The monoisotopic (exact) mass is 492 g/mol. The van der Waals surface area contributed by atoms with Crippen LogP contribution in [0.15, 0.2) is 47.6 Å². The summed E-state index contributed by atoms with van der Waals surface area (Å²) in [5.74, 6) is 0.394. The summed E-state index contributed by atoms with van der Waals surface area (Å²) in [7, 11) is -4.54. The number of hydrogen-bond donors (Lipinski definition) is 4. The van der Waals surface area contributed by atoms with E-state index in [0.717, 1.165) is 37.7 Å². The van der Waals surface area contributed by atoms with Gasteiger partial charge in [-0.05, 0) is 92.8 Å². The Morgan fingerprint density at radius 3 is 2.56 bits per heavy atom. The van der Waals surface area contributed by atoms with Crippen molar-refractivity contribution in [2.75, 3.05) is 0 Å². The Kier molecular flexibility index (Phi) is 8.01. The highest BCUT2D eigenvalue weighted by Crippen LogP contribution is 2.59. The van der Waals surface area contributed by atoms with Gasteiger partial charge in [-0.2, -0.15) is 0 Å². The van der Waals surface area contributed by atoms with Gasteiger partial charge in [-0.15, -0.1) is 0 Å². The van der Waals surface area contributed by atoms with E-state index in [-0.39, 0.29) is 11.3 Å². The van der Waals surface area contributed by atoms with Crippen molar-refractivity contribution in [1.82, 2.24) is 0 Å². The third-order valence-corrected chi connectivity index (χ3v) is 10.5. The molecule has 4 N–H and O–H groups in total. The maximum absolute atomic E-state index is 12.5. The summed E-state index contributed by atoms with van der Waals surface area (Å²) in [6.07, 6.45) is 12.4. The first-order valence-corrected chi connectivity index (χ1v) is 14.0. The van der Waals surface area contributed by atoms with Crippen LogP contribution in [-0.2, 0) is 9.36 Å². The molecule has 3 fully saturated rings. The van der Waals surface area contributed by atoms with Crippen molar-refractivity contribution in [3.8, 4) is 0 Å². The molecule has 0 amide bonds. The van der Waals surface area contributed by atoms with Crippen LogP contribution in [0.25, 0.3) is 0 Å². The molecule has 0 aromatic carbocycles. The zero-order chi connectivity index (χ0) is 25.5. The SMILES string of the molecule is C=C1C(=CC=C2CCC[C@@]3(C)C2CC[C@@H]3[C@H](C)C=CC(=O)C(C)(C)P(=O)(O)O)C[C@@H](O)C[C@@H]1O. The topological polar surface area (TPSA) is 115 Å². The van der Waals surface area contributed by atoms with Crippen molar-refractivity contribution >= 4 is 13.4 Å². The molecule has 0 aromatic heterocycles. The molecule has 190 valence electrons. The zero-order valence-electron chi connectivity index (χ0n) is 20.9. The molecule has 0 saturated heterocycles. The van der Waals surface area contributed by atoms with Crippen molar-refractivity contribution in [3.63, 3.8) is 0 Å². The van der Waals surface area contributed by atoms with Crippen LogP contribution in [0.5, 0.6) is 0 Å². The average molecular weight is 493 g/mol. The fourth-order valence-corrected chi connectivity index (χ4v) is 6.69. The normalized spacial score (nSPS) is 36.3. The van der Waals surface area contributed by atoms with Gasteiger partial charge in [0, 0.05) is 6.42 Å². The van der Waals surface area contributed by atoms with Gasteiger partial charge in [0.25, 0.3) is 0 Å². The fourth-order valence-electron chi connectivity index (χ4n) is 6.33. The maximum Gasteiger partial charge on any atom is 0.338 e. The standard InChI is InChI=1S/C27H41O6P/c1-17(8-13-25(30)26(3,4)34(31,32)33)22-11-12-23-19(7-6-14-27(22,23)5)9-10-20-15-21(28)16-24(29)18(20)2/h8-10,13,17,21-24,28-29H,2,6-7,11-12,14-16H2,1,3-5H3,(H2,31,32,33)/t17-,21-,22-,23?,24+,27-/m1/s1. The van der Waals surface area contributed by atoms with E-state index in [9.17, 15) is 29.4 Å². The van der Waals surface area contributed by atoms with Gasteiger partial charge in [0.1, 0.15) is 5.16 Å². The molecule has 3 aliphatic rings. The van der Waals surface area contributed by atoms with E-state index in [0.29, 0.717) is 30.3 Å². The minimum atomic E-state index is -4.54. The van der Waals surface area contributed by atoms with Gasteiger partial charge in [0.15, 0.2) is 5.78 Å². The van der Waals surface area contributed by atoms with Gasteiger partial charge in [-0.25, -0.2) is 0 Å². The summed E-state index contributed by atoms with van der Waals surface area (Å²) < 4.78 is 11.7. The molecule has 0 heterocycles. The number of ketones is 1. The number of carbonyl (C=O) groups is 1. The molecule has 3 rings (SSSR count). The Hall–Kier alpha value is -1.30. The van der Waals surface area contributed by atoms with E-state index in [1.807, 2.05) is 12.2 Å². The number of carbonyl (C=O) groups excluding carboxylic acids is 1. The molecule has 3 saturated carbocycles. The second-order valence-electron chi connectivity index (χ2n) is 11.3. The van der Waals surface area contributed by atoms with Crippen molar-refractivity contribution < 1.29 is 29.4 Å². The fraction of sp³-hybridized carbons (Fsp3) is 0.667. The molecular weight excluding hydrogens is 451 g/mol. The first-order valence-electron chi connectivity index (χ1n) is 12.4. The number of fused-ring (bicyclic) bond motifs is 1. The number of aliphatic hydroxyl groups excluding tert-OH is 2. The largest absolute Gasteiger partial charge is 0.393 e. The summed E-state index contributed by atoms with van der Waals surface area (Å²) in [6, 6.07) is 0. The molecule has 6 atom stereocenters. The van der Waals surface area contributed by atoms with Crippen LogP contribution in [0.2, 0.25) is 0 Å². The Labute approximate surface area is 203 Å². The smallest absolute Gasteiger partial charge is 0.338 e. The summed E-state index contributed by atoms with van der Waals surface area (Å²) in [5.41, 5.74) is 3.12. The predicted molar refractivity (Wildman–Crippen MR) is 134 cm³/mol. The van der Waals surface area contributed by atoms with Crippen LogP contribution in [0.4, 0.5) is 0 Å². The lowest BCUT2D eigenvalue weighted by atomic mass is 9.61. The third-order valence-electron chi connectivity index (χ3n) is 8.82. The number of rotatable bonds is 6. The van der Waals surface area contributed by atoms with E-state index in [4.69, 9.17) is 0 Å². The summed E-state index contributed by atoms with van der Waals surface area (Å²) in [5, 5.41) is 18.5. The molecule has 0 aliphatic heterocycles. The highest BCUT2D eigenvalue weighted by Gasteiger charge is 2.50. The van der Waals surface area contributed by atoms with Gasteiger partial charge in [-0.1, -0.05) is 44.2 Å². The molecule has 34 heavy (non-hydrogen) atoms. The van der Waals surface area contributed by atoms with Gasteiger partial charge >= 0.3 is 7.60 Å². The second-order valence-corrected chi connectivity index (χ2v) is 13.6. The Morgan fingerprint density at radius 1 is 1.24 bits per heavy atom. The van der Waals surface area contributed by atoms with E-state index in [1.54, 1.807) is 0 Å². The quantitative estimate of drug-likeness (QED) is 0.311. The van der Waals surface area contributed by atoms with Gasteiger partial charge in [-0.3, -0.25) is 9.36 Å². The van der Waals surface area contributed by atoms with E-state index in [1.165, 1.54) is 25.5 Å². The lowest BCUT2D eigenvalue weighted by molar-refractivity contribution is -0.116. The van der Waals surface area contributed by atoms with Gasteiger partial charge in [0.05, 0.1) is 12.2 Å². The Balaban J connectivity index is 1.77. The van der Waals surface area contributed by atoms with Crippen molar-refractivity contribution in [2.45, 2.75) is 90.0 Å². The highest BCUT2D eigenvalue weighted by molar-refractivity contribution is 7.54. The Morgan fingerprint density at radius 2 is 1.91 bits per heavy atom. The minimum Gasteiger partial charge on any atom is -0.393 e. The van der Waals surface area contributed by atoms with Crippen molar-refractivity contribution in [3.05, 3.63) is 47.6 Å². The summed E-state index contributed by atoms with van der Waals surface area (Å²) >= 11 is 0. The van der Waals surface area contributed by atoms with E-state index >= 15 is 0 Å².